The van der Waals surface area contributed by atoms with Gasteiger partial charge in [-0.1, -0.05) is 0 Å². The topological polar surface area (TPSA) is 32.8 Å². The number of nitrogens with zero attached hydrogens (tertiary/aromatic N) is 2. The average Bonchev–Trinajstić information content (AvgIpc) is 2.15. The summed E-state index contributed by atoms with van der Waals surface area (Å²) in [6.45, 7) is 6.70. The lowest BCUT2D eigenvalue weighted by molar-refractivity contribution is 0.138. The highest BCUT2D eigenvalue weighted by molar-refractivity contribution is 5.74. The number of carbonyl (C=O) groups is 1. The van der Waals surface area contributed by atoms with Crippen molar-refractivity contribution in [2.24, 2.45) is 0 Å². The zero-order chi connectivity index (χ0) is 10.3. The lowest BCUT2D eigenvalue weighted by Crippen LogP contribution is -2.42. The molecule has 0 saturated heterocycles. The smallest absolute Gasteiger partial charge is 0.319 e. The molecule has 4 nitrogen and oxygen atoms in total. The van der Waals surface area contributed by atoms with Gasteiger partial charge in [0.25, 0.3) is 0 Å². The van der Waals surface area contributed by atoms with Crippen LogP contribution in [0.4, 0.5) is 4.79 Å². The zero-order valence-electron chi connectivity index (χ0n) is 9.04. The Labute approximate surface area is 80.5 Å². The van der Waals surface area contributed by atoms with E-state index in [1.807, 2.05) is 13.8 Å². The van der Waals surface area contributed by atoms with Gasteiger partial charge in [0.05, 0.1) is 6.61 Å². The van der Waals surface area contributed by atoms with Crippen LogP contribution in [-0.2, 0) is 4.74 Å². The molecule has 78 valence electrons. The number of likely N-dealkylation sites (N-methyl/N-ethyl adjacent to an activating group) is 1. The number of hydrogen-bond acceptors (Lipinski definition) is 2. The Kier molecular flexibility index (Phi) is 6.32. The molecule has 0 aromatic carbocycles. The average molecular weight is 188 g/mol. The first kappa shape index (κ1) is 12.2. The maximum absolute atomic E-state index is 11.6. The van der Waals surface area contributed by atoms with E-state index in [2.05, 4.69) is 0 Å². The molecule has 0 radical (unpaired) electrons. The minimum atomic E-state index is 0.0713. The summed E-state index contributed by atoms with van der Waals surface area (Å²) < 4.78 is 4.90. The van der Waals surface area contributed by atoms with E-state index in [-0.39, 0.29) is 6.03 Å². The summed E-state index contributed by atoms with van der Waals surface area (Å²) >= 11 is 0. The van der Waals surface area contributed by atoms with E-state index in [0.717, 1.165) is 13.1 Å². The van der Waals surface area contributed by atoms with Gasteiger partial charge in [0, 0.05) is 33.8 Å². The molecule has 0 heterocycles. The highest BCUT2D eigenvalue weighted by Crippen LogP contribution is 1.95. The highest BCUT2D eigenvalue weighted by atomic mass is 16.5. The molecule has 0 rings (SSSR count). The number of urea groups is 1. The second-order valence-electron chi connectivity index (χ2n) is 2.87. The summed E-state index contributed by atoms with van der Waals surface area (Å²) in [5.74, 6) is 0. The fraction of sp³-hybridized carbons (Fsp3) is 0.889. The summed E-state index contributed by atoms with van der Waals surface area (Å²) in [4.78, 5) is 15.1. The summed E-state index contributed by atoms with van der Waals surface area (Å²) in [6.07, 6.45) is 0. The highest BCUT2D eigenvalue weighted by Gasteiger charge is 2.13. The first-order valence-corrected chi connectivity index (χ1v) is 4.66. The zero-order valence-corrected chi connectivity index (χ0v) is 9.04. The van der Waals surface area contributed by atoms with E-state index in [0.29, 0.717) is 13.2 Å². The minimum Gasteiger partial charge on any atom is -0.383 e. The van der Waals surface area contributed by atoms with Gasteiger partial charge in [0.2, 0.25) is 0 Å². The lowest BCUT2D eigenvalue weighted by Gasteiger charge is -2.25. The predicted molar refractivity (Wildman–Crippen MR) is 52.8 cm³/mol. The quantitative estimate of drug-likeness (QED) is 0.645. The van der Waals surface area contributed by atoms with E-state index in [4.69, 9.17) is 4.74 Å². The van der Waals surface area contributed by atoms with Crippen LogP contribution < -0.4 is 0 Å². The van der Waals surface area contributed by atoms with Crippen molar-refractivity contribution in [1.82, 2.24) is 9.80 Å². The molecule has 0 N–H and O–H groups in total. The second kappa shape index (κ2) is 6.71. The van der Waals surface area contributed by atoms with Crippen molar-refractivity contribution >= 4 is 6.03 Å². The molecule has 13 heavy (non-hydrogen) atoms. The Morgan fingerprint density at radius 2 is 1.85 bits per heavy atom. The molecule has 0 saturated carbocycles. The van der Waals surface area contributed by atoms with Crippen LogP contribution in [-0.4, -0.2) is 56.2 Å². The Bertz CT molecular complexity index is 147. The van der Waals surface area contributed by atoms with E-state index in [1.165, 1.54) is 0 Å². The van der Waals surface area contributed by atoms with Gasteiger partial charge in [-0.3, -0.25) is 0 Å². The normalized spacial score (nSPS) is 9.85. The third-order valence-corrected chi connectivity index (χ3v) is 1.99. The third kappa shape index (κ3) is 4.12. The van der Waals surface area contributed by atoms with Crippen LogP contribution in [0.1, 0.15) is 13.8 Å². The largest absolute Gasteiger partial charge is 0.383 e. The lowest BCUT2D eigenvalue weighted by atomic mass is 10.5. The summed E-state index contributed by atoms with van der Waals surface area (Å²) in [7, 11) is 3.43. The summed E-state index contributed by atoms with van der Waals surface area (Å²) in [5.41, 5.74) is 0. The Morgan fingerprint density at radius 3 is 2.23 bits per heavy atom. The molecule has 0 fully saturated rings. The number of hydrogen-bond donors (Lipinski definition) is 0. The van der Waals surface area contributed by atoms with Crippen molar-refractivity contribution in [3.63, 3.8) is 0 Å². The van der Waals surface area contributed by atoms with E-state index in [1.54, 1.807) is 24.0 Å². The molecule has 0 aliphatic rings. The second-order valence-corrected chi connectivity index (χ2v) is 2.87. The van der Waals surface area contributed by atoms with Crippen LogP contribution in [0.5, 0.6) is 0 Å². The molecule has 4 heteroatoms. The predicted octanol–water partition coefficient (Wildman–Crippen LogP) is 1.03. The van der Waals surface area contributed by atoms with Crippen molar-refractivity contribution in [3.8, 4) is 0 Å². The molecule has 0 aliphatic heterocycles. The molecule has 0 spiro atoms. The minimum absolute atomic E-state index is 0.0713. The maximum atomic E-state index is 11.6. The first-order chi connectivity index (χ1) is 6.17. The van der Waals surface area contributed by atoms with Gasteiger partial charge in [-0.25, -0.2) is 4.79 Å². The number of methoxy groups -OCH3 is 1. The first-order valence-electron chi connectivity index (χ1n) is 4.66. The van der Waals surface area contributed by atoms with Crippen LogP contribution in [0, 0.1) is 0 Å². The summed E-state index contributed by atoms with van der Waals surface area (Å²) in [5, 5.41) is 0. The van der Waals surface area contributed by atoms with Gasteiger partial charge in [0.1, 0.15) is 0 Å². The molecular weight excluding hydrogens is 168 g/mol. The number of amides is 2. The van der Waals surface area contributed by atoms with E-state index >= 15 is 0 Å². The van der Waals surface area contributed by atoms with Gasteiger partial charge < -0.3 is 14.5 Å². The molecular formula is C9H20N2O2. The van der Waals surface area contributed by atoms with Gasteiger partial charge in [-0.2, -0.15) is 0 Å². The standard InChI is InChI=1S/C9H20N2O2/c1-5-11(6-2)9(12)10(3)7-8-13-4/h5-8H2,1-4H3. The fourth-order valence-corrected chi connectivity index (χ4v) is 1.06. The van der Waals surface area contributed by atoms with E-state index in [9.17, 15) is 4.79 Å². The Hall–Kier alpha value is -0.770. The van der Waals surface area contributed by atoms with Crippen LogP contribution in [0.3, 0.4) is 0 Å². The van der Waals surface area contributed by atoms with Gasteiger partial charge in [-0.05, 0) is 13.8 Å². The van der Waals surface area contributed by atoms with Gasteiger partial charge in [-0.15, -0.1) is 0 Å². The van der Waals surface area contributed by atoms with Crippen molar-refractivity contribution in [2.75, 3.05) is 40.4 Å². The van der Waals surface area contributed by atoms with Crippen LogP contribution in [0.15, 0.2) is 0 Å². The van der Waals surface area contributed by atoms with Crippen molar-refractivity contribution in [1.29, 1.82) is 0 Å². The van der Waals surface area contributed by atoms with Crippen molar-refractivity contribution in [2.45, 2.75) is 13.8 Å². The summed E-state index contributed by atoms with van der Waals surface area (Å²) in [6, 6.07) is 0.0713. The third-order valence-electron chi connectivity index (χ3n) is 1.99. The monoisotopic (exact) mass is 188 g/mol. The molecule has 0 aliphatic carbocycles. The number of carbonyl (C=O) groups excluding carboxylic acids is 1. The molecule has 0 unspecified atom stereocenters. The van der Waals surface area contributed by atoms with Gasteiger partial charge >= 0.3 is 6.03 Å². The molecule has 0 aromatic rings. The molecule has 0 aromatic heterocycles. The number of rotatable bonds is 5. The van der Waals surface area contributed by atoms with Gasteiger partial charge in [0.15, 0.2) is 0 Å². The SMILES string of the molecule is CCN(CC)C(=O)N(C)CCOC. The molecule has 2 amide bonds. The maximum Gasteiger partial charge on any atom is 0.319 e. The van der Waals surface area contributed by atoms with Crippen LogP contribution in [0.2, 0.25) is 0 Å². The fourth-order valence-electron chi connectivity index (χ4n) is 1.06. The van der Waals surface area contributed by atoms with Crippen molar-refractivity contribution < 1.29 is 9.53 Å². The Balaban J connectivity index is 3.92. The number of ether oxygens (including phenoxy) is 1. The molecule has 0 bridgehead atoms. The van der Waals surface area contributed by atoms with Crippen LogP contribution >= 0.6 is 0 Å². The van der Waals surface area contributed by atoms with Crippen molar-refractivity contribution in [3.05, 3.63) is 0 Å². The Morgan fingerprint density at radius 1 is 1.31 bits per heavy atom. The molecule has 0 atom stereocenters. The van der Waals surface area contributed by atoms with Crippen LogP contribution in [0.25, 0.3) is 0 Å². The van der Waals surface area contributed by atoms with E-state index < -0.39 is 0 Å².